The first-order chi connectivity index (χ1) is 10.5. The summed E-state index contributed by atoms with van der Waals surface area (Å²) in [5.74, 6) is -0.132. The van der Waals surface area contributed by atoms with E-state index in [4.69, 9.17) is 14.5 Å². The zero-order valence-corrected chi connectivity index (χ0v) is 12.8. The fourth-order valence-corrected chi connectivity index (χ4v) is 2.00. The molecular formula is C17H18O5. The molecule has 2 aromatic rings. The second-order valence-corrected chi connectivity index (χ2v) is 4.80. The second kappa shape index (κ2) is 6.95. The average molecular weight is 302 g/mol. The molecule has 2 aromatic carbocycles. The van der Waals surface area contributed by atoms with Gasteiger partial charge >= 0.3 is 5.97 Å². The molecule has 0 saturated carbocycles. The van der Waals surface area contributed by atoms with Crippen molar-refractivity contribution in [1.82, 2.24) is 0 Å². The number of hydrogen-bond acceptors (Lipinski definition) is 4. The molecule has 5 heteroatoms. The van der Waals surface area contributed by atoms with Gasteiger partial charge in [0, 0.05) is 0 Å². The fraction of sp³-hybridized carbons (Fsp3) is 0.235. The van der Waals surface area contributed by atoms with Crippen LogP contribution in [0.25, 0.3) is 0 Å². The number of rotatable bonds is 6. The molecule has 0 spiro atoms. The highest BCUT2D eigenvalue weighted by molar-refractivity contribution is 5.92. The van der Waals surface area contributed by atoms with E-state index in [1.807, 2.05) is 32.0 Å². The van der Waals surface area contributed by atoms with E-state index >= 15 is 0 Å². The van der Waals surface area contributed by atoms with Gasteiger partial charge in [-0.1, -0.05) is 23.8 Å². The van der Waals surface area contributed by atoms with Crippen LogP contribution in [-0.2, 0) is 4.89 Å². The summed E-state index contributed by atoms with van der Waals surface area (Å²) < 4.78 is 5.81. The van der Waals surface area contributed by atoms with Gasteiger partial charge in [-0.3, -0.25) is 0 Å². The van der Waals surface area contributed by atoms with E-state index in [2.05, 4.69) is 0 Å². The summed E-state index contributed by atoms with van der Waals surface area (Å²) in [6, 6.07) is 10.4. The maximum Gasteiger partial charge on any atom is 0.339 e. The van der Waals surface area contributed by atoms with E-state index < -0.39 is 5.97 Å². The number of ether oxygens (including phenoxy) is 1. The summed E-state index contributed by atoms with van der Waals surface area (Å²) in [5, 5.41) is 9.26. The molecule has 0 unspecified atom stereocenters. The lowest BCUT2D eigenvalue weighted by Gasteiger charge is -2.14. The monoisotopic (exact) mass is 302 g/mol. The molecule has 5 nitrogen and oxygen atoms in total. The van der Waals surface area contributed by atoms with Gasteiger partial charge in [0.15, 0.2) is 5.75 Å². The third kappa shape index (κ3) is 3.56. The minimum absolute atomic E-state index is 0.0179. The number of carbonyl (C=O) groups is 1. The Kier molecular flexibility index (Phi) is 5.01. The molecule has 0 fully saturated rings. The highest BCUT2D eigenvalue weighted by atomic mass is 17.2. The Balaban J connectivity index is 2.40. The van der Waals surface area contributed by atoms with Crippen molar-refractivity contribution in [3.8, 4) is 17.2 Å². The van der Waals surface area contributed by atoms with E-state index in [0.717, 1.165) is 11.1 Å². The van der Waals surface area contributed by atoms with Crippen LogP contribution in [-0.4, -0.2) is 17.7 Å². The minimum atomic E-state index is -1.11. The first-order valence-corrected chi connectivity index (χ1v) is 6.93. The van der Waals surface area contributed by atoms with Crippen molar-refractivity contribution >= 4 is 5.97 Å². The molecule has 0 amide bonds. The lowest BCUT2D eigenvalue weighted by molar-refractivity contribution is -0.203. The number of carboxylic acids is 1. The van der Waals surface area contributed by atoms with Crippen molar-refractivity contribution in [3.05, 3.63) is 53.1 Å². The summed E-state index contributed by atoms with van der Waals surface area (Å²) in [4.78, 5) is 21.3. The van der Waals surface area contributed by atoms with E-state index in [9.17, 15) is 9.90 Å². The molecule has 0 heterocycles. The normalized spacial score (nSPS) is 10.3. The standard InChI is InChI=1S/C17H18O5/c1-4-20-22-16-13(17(18)19)6-5-7-15(16)21-14-9-8-11(2)10-12(14)3/h5-10H,4H2,1-3H3,(H,18,19). The van der Waals surface area contributed by atoms with Gasteiger partial charge in [0.2, 0.25) is 5.75 Å². The van der Waals surface area contributed by atoms with Crippen molar-refractivity contribution in [2.75, 3.05) is 6.61 Å². The van der Waals surface area contributed by atoms with Crippen LogP contribution in [0.15, 0.2) is 36.4 Å². The largest absolute Gasteiger partial charge is 0.478 e. The third-order valence-corrected chi connectivity index (χ3v) is 3.02. The van der Waals surface area contributed by atoms with Crippen LogP contribution in [0, 0.1) is 13.8 Å². The molecule has 0 aliphatic rings. The lowest BCUT2D eigenvalue weighted by atomic mass is 10.1. The molecule has 0 radical (unpaired) electrons. The van der Waals surface area contributed by atoms with E-state index in [1.165, 1.54) is 6.07 Å². The first-order valence-electron chi connectivity index (χ1n) is 6.93. The van der Waals surface area contributed by atoms with Crippen molar-refractivity contribution in [3.63, 3.8) is 0 Å². The van der Waals surface area contributed by atoms with Crippen LogP contribution in [0.5, 0.6) is 17.2 Å². The second-order valence-electron chi connectivity index (χ2n) is 4.80. The summed E-state index contributed by atoms with van der Waals surface area (Å²) in [7, 11) is 0. The highest BCUT2D eigenvalue weighted by Crippen LogP contribution is 2.36. The van der Waals surface area contributed by atoms with Gasteiger partial charge in [-0.2, -0.15) is 4.89 Å². The van der Waals surface area contributed by atoms with E-state index in [-0.39, 0.29) is 17.9 Å². The van der Waals surface area contributed by atoms with Gasteiger partial charge in [0.1, 0.15) is 11.3 Å². The number of para-hydroxylation sites is 1. The average Bonchev–Trinajstić information content (AvgIpc) is 2.48. The molecular weight excluding hydrogens is 284 g/mol. The molecule has 0 aliphatic carbocycles. The van der Waals surface area contributed by atoms with Crippen LogP contribution in [0.2, 0.25) is 0 Å². The molecule has 0 bridgehead atoms. The summed E-state index contributed by atoms with van der Waals surface area (Å²) in [6.07, 6.45) is 0. The summed E-state index contributed by atoms with van der Waals surface area (Å²) in [6.45, 7) is 5.95. The number of aryl methyl sites for hydroxylation is 2. The van der Waals surface area contributed by atoms with Crippen LogP contribution in [0.4, 0.5) is 0 Å². The number of aromatic carboxylic acids is 1. The number of hydrogen-bond donors (Lipinski definition) is 1. The van der Waals surface area contributed by atoms with Gasteiger partial charge in [-0.15, -0.1) is 0 Å². The molecule has 0 atom stereocenters. The van der Waals surface area contributed by atoms with Crippen molar-refractivity contribution in [2.45, 2.75) is 20.8 Å². The quantitative estimate of drug-likeness (QED) is 0.642. The van der Waals surface area contributed by atoms with Gasteiger partial charge in [-0.05, 0) is 44.5 Å². The Hall–Kier alpha value is -2.53. The Bertz CT molecular complexity index is 679. The Labute approximate surface area is 129 Å². The molecule has 2 rings (SSSR count). The smallest absolute Gasteiger partial charge is 0.339 e. The zero-order chi connectivity index (χ0) is 16.1. The number of benzene rings is 2. The molecule has 0 aromatic heterocycles. The van der Waals surface area contributed by atoms with Crippen LogP contribution < -0.4 is 9.62 Å². The molecule has 1 N–H and O–H groups in total. The predicted molar refractivity (Wildman–Crippen MR) is 81.6 cm³/mol. The van der Waals surface area contributed by atoms with Crippen LogP contribution in [0.3, 0.4) is 0 Å². The minimum Gasteiger partial charge on any atom is -0.478 e. The summed E-state index contributed by atoms with van der Waals surface area (Å²) in [5.41, 5.74) is 2.05. The maximum absolute atomic E-state index is 11.3. The van der Waals surface area contributed by atoms with E-state index in [1.54, 1.807) is 19.1 Å². The third-order valence-electron chi connectivity index (χ3n) is 3.02. The fourth-order valence-electron chi connectivity index (χ4n) is 2.00. The predicted octanol–water partition coefficient (Wildman–Crippen LogP) is 4.12. The Morgan fingerprint density at radius 1 is 1.14 bits per heavy atom. The summed E-state index contributed by atoms with van der Waals surface area (Å²) >= 11 is 0. The van der Waals surface area contributed by atoms with Crippen molar-refractivity contribution < 1.29 is 24.4 Å². The first kappa shape index (κ1) is 15.9. The Morgan fingerprint density at radius 3 is 2.55 bits per heavy atom. The molecule has 116 valence electrons. The van der Waals surface area contributed by atoms with Crippen LogP contribution >= 0.6 is 0 Å². The van der Waals surface area contributed by atoms with Gasteiger partial charge < -0.3 is 14.7 Å². The molecule has 0 aliphatic heterocycles. The topological polar surface area (TPSA) is 65.0 Å². The van der Waals surface area contributed by atoms with Crippen LogP contribution in [0.1, 0.15) is 28.4 Å². The van der Waals surface area contributed by atoms with Gasteiger partial charge in [-0.25, -0.2) is 4.79 Å². The van der Waals surface area contributed by atoms with Gasteiger partial charge in [0.05, 0.1) is 6.61 Å². The zero-order valence-electron chi connectivity index (χ0n) is 12.8. The lowest BCUT2D eigenvalue weighted by Crippen LogP contribution is -2.05. The SMILES string of the molecule is CCOOc1c(Oc2ccc(C)cc2C)cccc1C(=O)O. The Morgan fingerprint density at radius 2 is 1.91 bits per heavy atom. The highest BCUT2D eigenvalue weighted by Gasteiger charge is 2.19. The number of carboxylic acid groups (broad SMARTS) is 1. The molecule has 22 heavy (non-hydrogen) atoms. The maximum atomic E-state index is 11.3. The van der Waals surface area contributed by atoms with Crippen molar-refractivity contribution in [2.24, 2.45) is 0 Å². The van der Waals surface area contributed by atoms with Gasteiger partial charge in [0.25, 0.3) is 0 Å². The van der Waals surface area contributed by atoms with E-state index in [0.29, 0.717) is 11.5 Å². The molecule has 0 saturated heterocycles. The van der Waals surface area contributed by atoms with Crippen molar-refractivity contribution in [1.29, 1.82) is 0 Å².